The van der Waals surface area contributed by atoms with Crippen molar-refractivity contribution in [2.24, 2.45) is 10.4 Å². The fraction of sp³-hybridized carbons (Fsp3) is 0.308. The van der Waals surface area contributed by atoms with E-state index in [2.05, 4.69) is 38.1 Å². The molecule has 0 aromatic rings. The summed E-state index contributed by atoms with van der Waals surface area (Å²) in [5, 5.41) is 0. The standard InChI is InChI=1S/C13H19N/c1-6-13(3,4)10-8-7-9-12(2)11-14-5/h6-11H,1-2H2,3-5H3/b9-7-,10-8-,14-11?. The zero-order chi connectivity index (χ0) is 11.0. The second-order valence-corrected chi connectivity index (χ2v) is 3.71. The third kappa shape index (κ3) is 6.18. The van der Waals surface area contributed by atoms with E-state index in [-0.39, 0.29) is 5.41 Å². The van der Waals surface area contributed by atoms with Crippen LogP contribution in [0.1, 0.15) is 13.8 Å². The van der Waals surface area contributed by atoms with Crippen LogP contribution in [0, 0.1) is 5.41 Å². The van der Waals surface area contributed by atoms with Gasteiger partial charge in [0.25, 0.3) is 0 Å². The van der Waals surface area contributed by atoms with Crippen LogP contribution in [0.2, 0.25) is 0 Å². The molecule has 0 N–H and O–H groups in total. The van der Waals surface area contributed by atoms with Crippen molar-refractivity contribution in [1.82, 2.24) is 0 Å². The maximum Gasteiger partial charge on any atom is 0.0277 e. The second-order valence-electron chi connectivity index (χ2n) is 3.71. The van der Waals surface area contributed by atoms with E-state index >= 15 is 0 Å². The minimum Gasteiger partial charge on any atom is -0.296 e. The molecule has 0 fully saturated rings. The number of nitrogens with zero attached hydrogens (tertiary/aromatic N) is 1. The Labute approximate surface area is 87.3 Å². The second kappa shape index (κ2) is 6.14. The van der Waals surface area contributed by atoms with Crippen LogP contribution in [-0.2, 0) is 0 Å². The van der Waals surface area contributed by atoms with Gasteiger partial charge in [0.1, 0.15) is 0 Å². The normalized spacial score (nSPS) is 13.1. The molecule has 0 aromatic heterocycles. The fourth-order valence-electron chi connectivity index (χ4n) is 0.760. The van der Waals surface area contributed by atoms with Crippen molar-refractivity contribution in [3.8, 4) is 0 Å². The van der Waals surface area contributed by atoms with Gasteiger partial charge in [0, 0.05) is 18.7 Å². The van der Waals surface area contributed by atoms with Gasteiger partial charge in [0.05, 0.1) is 0 Å². The average Bonchev–Trinajstić information content (AvgIpc) is 2.13. The maximum absolute atomic E-state index is 3.86. The Morgan fingerprint density at radius 1 is 1.29 bits per heavy atom. The number of allylic oxidation sites excluding steroid dienone is 6. The van der Waals surface area contributed by atoms with E-state index < -0.39 is 0 Å². The Morgan fingerprint density at radius 3 is 2.43 bits per heavy atom. The highest BCUT2D eigenvalue weighted by Crippen LogP contribution is 2.17. The molecule has 0 radical (unpaired) electrons. The molecule has 0 heterocycles. The minimum absolute atomic E-state index is 0.0461. The summed E-state index contributed by atoms with van der Waals surface area (Å²) >= 11 is 0. The van der Waals surface area contributed by atoms with Crippen LogP contribution in [0.5, 0.6) is 0 Å². The summed E-state index contributed by atoms with van der Waals surface area (Å²) in [6.45, 7) is 11.8. The van der Waals surface area contributed by atoms with E-state index in [1.165, 1.54) is 0 Å². The molecule has 0 spiro atoms. The zero-order valence-electron chi connectivity index (χ0n) is 9.33. The summed E-state index contributed by atoms with van der Waals surface area (Å²) in [5.41, 5.74) is 0.943. The van der Waals surface area contributed by atoms with Gasteiger partial charge in [0.15, 0.2) is 0 Å². The van der Waals surface area contributed by atoms with Crippen molar-refractivity contribution >= 4 is 6.21 Å². The SMILES string of the molecule is C=CC(C)(C)/C=C\C=C/C(=C)C=NC. The van der Waals surface area contributed by atoms with Crippen LogP contribution in [0.25, 0.3) is 0 Å². The first-order valence-electron chi connectivity index (χ1n) is 4.62. The predicted octanol–water partition coefficient (Wildman–Crippen LogP) is 3.57. The monoisotopic (exact) mass is 189 g/mol. The van der Waals surface area contributed by atoms with Gasteiger partial charge in [-0.3, -0.25) is 4.99 Å². The third-order valence-electron chi connectivity index (χ3n) is 1.77. The summed E-state index contributed by atoms with van der Waals surface area (Å²) in [4.78, 5) is 3.86. The van der Waals surface area contributed by atoms with Crippen LogP contribution in [0.3, 0.4) is 0 Å². The highest BCUT2D eigenvalue weighted by atomic mass is 14.6. The van der Waals surface area contributed by atoms with E-state index in [0.717, 1.165) is 5.57 Å². The van der Waals surface area contributed by atoms with Crippen molar-refractivity contribution in [2.45, 2.75) is 13.8 Å². The van der Waals surface area contributed by atoms with Crippen LogP contribution < -0.4 is 0 Å². The molecule has 1 nitrogen and oxygen atoms in total. The lowest BCUT2D eigenvalue weighted by Crippen LogP contribution is -2.00. The fourth-order valence-corrected chi connectivity index (χ4v) is 0.760. The summed E-state index contributed by atoms with van der Waals surface area (Å²) in [6.07, 6.45) is 11.6. The smallest absolute Gasteiger partial charge is 0.0277 e. The lowest BCUT2D eigenvalue weighted by molar-refractivity contribution is 0.628. The molecule has 0 aliphatic rings. The molecule has 0 aromatic carbocycles. The van der Waals surface area contributed by atoms with Crippen molar-refractivity contribution in [2.75, 3.05) is 7.05 Å². The van der Waals surface area contributed by atoms with Crippen molar-refractivity contribution in [3.05, 3.63) is 49.1 Å². The molecule has 0 aliphatic carbocycles. The number of hydrogen-bond acceptors (Lipinski definition) is 1. The predicted molar refractivity (Wildman–Crippen MR) is 65.8 cm³/mol. The highest BCUT2D eigenvalue weighted by molar-refractivity contribution is 5.81. The van der Waals surface area contributed by atoms with E-state index in [1.807, 2.05) is 24.3 Å². The molecule has 1 heteroatoms. The molecule has 0 amide bonds. The molecule has 76 valence electrons. The molecule has 0 rings (SSSR count). The van der Waals surface area contributed by atoms with E-state index in [0.29, 0.717) is 0 Å². The Bertz CT molecular complexity index is 278. The van der Waals surface area contributed by atoms with E-state index in [4.69, 9.17) is 0 Å². The summed E-state index contributed by atoms with van der Waals surface area (Å²) in [7, 11) is 1.73. The lowest BCUT2D eigenvalue weighted by atomic mass is 9.93. The van der Waals surface area contributed by atoms with Crippen LogP contribution in [0.4, 0.5) is 0 Å². The van der Waals surface area contributed by atoms with Crippen molar-refractivity contribution in [1.29, 1.82) is 0 Å². The molecule has 0 saturated heterocycles. The number of hydrogen-bond donors (Lipinski definition) is 0. The summed E-state index contributed by atoms with van der Waals surface area (Å²) in [5.74, 6) is 0. The van der Waals surface area contributed by atoms with Crippen LogP contribution in [0.15, 0.2) is 54.1 Å². The third-order valence-corrected chi connectivity index (χ3v) is 1.77. The van der Waals surface area contributed by atoms with Gasteiger partial charge >= 0.3 is 0 Å². The molecule has 0 atom stereocenters. The molecule has 0 saturated carbocycles. The Hall–Kier alpha value is -1.37. The average molecular weight is 189 g/mol. The van der Waals surface area contributed by atoms with E-state index in [9.17, 15) is 0 Å². The molecule has 0 unspecified atom stereocenters. The zero-order valence-corrected chi connectivity index (χ0v) is 9.33. The van der Waals surface area contributed by atoms with Gasteiger partial charge in [0.2, 0.25) is 0 Å². The number of aliphatic imine (C=N–C) groups is 1. The van der Waals surface area contributed by atoms with Gasteiger partial charge in [-0.2, -0.15) is 0 Å². The minimum atomic E-state index is 0.0461. The topological polar surface area (TPSA) is 12.4 Å². The molecule has 0 bridgehead atoms. The highest BCUT2D eigenvalue weighted by Gasteiger charge is 2.05. The summed E-state index contributed by atoms with van der Waals surface area (Å²) < 4.78 is 0. The first kappa shape index (κ1) is 12.6. The maximum atomic E-state index is 3.86. The first-order chi connectivity index (χ1) is 6.52. The Kier molecular flexibility index (Phi) is 5.54. The molecule has 0 aliphatic heterocycles. The molecular weight excluding hydrogens is 170 g/mol. The van der Waals surface area contributed by atoms with Gasteiger partial charge < -0.3 is 0 Å². The van der Waals surface area contributed by atoms with Gasteiger partial charge in [-0.05, 0) is 5.57 Å². The molecule has 14 heavy (non-hydrogen) atoms. The molecular formula is C13H19N. The summed E-state index contributed by atoms with van der Waals surface area (Å²) in [6, 6.07) is 0. The van der Waals surface area contributed by atoms with Gasteiger partial charge in [-0.25, -0.2) is 0 Å². The van der Waals surface area contributed by atoms with Gasteiger partial charge in [-0.1, -0.05) is 50.8 Å². The lowest BCUT2D eigenvalue weighted by Gasteiger charge is -2.12. The van der Waals surface area contributed by atoms with Crippen LogP contribution in [-0.4, -0.2) is 13.3 Å². The Balaban J connectivity index is 4.18. The number of rotatable bonds is 5. The van der Waals surface area contributed by atoms with Crippen molar-refractivity contribution < 1.29 is 0 Å². The van der Waals surface area contributed by atoms with Crippen LogP contribution >= 0.6 is 0 Å². The van der Waals surface area contributed by atoms with Crippen molar-refractivity contribution in [3.63, 3.8) is 0 Å². The first-order valence-corrected chi connectivity index (χ1v) is 4.62. The van der Waals surface area contributed by atoms with Gasteiger partial charge in [-0.15, -0.1) is 6.58 Å². The quantitative estimate of drug-likeness (QED) is 0.356. The largest absolute Gasteiger partial charge is 0.296 e. The Morgan fingerprint density at radius 2 is 1.93 bits per heavy atom. The van der Waals surface area contributed by atoms with E-state index in [1.54, 1.807) is 13.3 Å².